The first-order valence-electron chi connectivity index (χ1n) is 6.40. The molecule has 3 rings (SSSR count). The van der Waals surface area contributed by atoms with Crippen LogP contribution in [0.2, 0.25) is 0 Å². The monoisotopic (exact) mass is 311 g/mol. The van der Waals surface area contributed by atoms with Crippen molar-refractivity contribution in [3.63, 3.8) is 0 Å². The lowest BCUT2D eigenvalue weighted by atomic mass is 10.0. The molecule has 0 radical (unpaired) electrons. The fourth-order valence-corrected chi connectivity index (χ4v) is 4.33. The van der Waals surface area contributed by atoms with Crippen LogP contribution in [-0.4, -0.2) is 35.1 Å². The number of hydrogen-bond acceptors (Lipinski definition) is 2. The van der Waals surface area contributed by atoms with Gasteiger partial charge in [0.2, 0.25) is 0 Å². The van der Waals surface area contributed by atoms with E-state index in [1.54, 1.807) is 5.56 Å². The molecule has 3 heteroatoms. The second-order valence-electron chi connectivity index (χ2n) is 4.96. The third-order valence-electron chi connectivity index (χ3n) is 3.69. The minimum Gasteiger partial charge on any atom is -0.299 e. The molecular formula is C14H18BrNS. The highest BCUT2D eigenvalue weighted by atomic mass is 79.9. The van der Waals surface area contributed by atoms with Crippen LogP contribution in [-0.2, 0) is 0 Å². The summed E-state index contributed by atoms with van der Waals surface area (Å²) < 4.78 is 0. The number of hydrogen-bond donors (Lipinski definition) is 0. The molecule has 1 aromatic rings. The average Bonchev–Trinajstić information content (AvgIpc) is 3.12. The Bertz CT molecular complexity index is 392. The third kappa shape index (κ3) is 2.72. The maximum Gasteiger partial charge on any atom is 0.0159 e. The van der Waals surface area contributed by atoms with Crippen LogP contribution in [0.15, 0.2) is 29.2 Å². The van der Waals surface area contributed by atoms with E-state index in [1.165, 1.54) is 36.6 Å². The highest BCUT2D eigenvalue weighted by Crippen LogP contribution is 2.40. The Kier molecular flexibility index (Phi) is 3.78. The molecule has 0 amide bonds. The zero-order valence-electron chi connectivity index (χ0n) is 9.94. The second-order valence-corrected chi connectivity index (χ2v) is 6.82. The van der Waals surface area contributed by atoms with Crippen molar-refractivity contribution < 1.29 is 0 Å². The predicted octanol–water partition coefficient (Wildman–Crippen LogP) is 3.74. The van der Waals surface area contributed by atoms with Gasteiger partial charge in [0.05, 0.1) is 0 Å². The first-order chi connectivity index (χ1) is 8.38. The summed E-state index contributed by atoms with van der Waals surface area (Å²) in [5, 5.41) is 1.10. The maximum absolute atomic E-state index is 3.58. The molecule has 92 valence electrons. The highest BCUT2D eigenvalue weighted by molar-refractivity contribution is 9.09. The number of benzene rings is 1. The molecule has 1 unspecified atom stereocenters. The van der Waals surface area contributed by atoms with Gasteiger partial charge >= 0.3 is 0 Å². The van der Waals surface area contributed by atoms with E-state index in [0.717, 1.165) is 17.3 Å². The predicted molar refractivity (Wildman–Crippen MR) is 78.3 cm³/mol. The first kappa shape index (κ1) is 12.1. The van der Waals surface area contributed by atoms with Crippen molar-refractivity contribution in [2.45, 2.75) is 29.7 Å². The van der Waals surface area contributed by atoms with Crippen LogP contribution >= 0.6 is 27.7 Å². The van der Waals surface area contributed by atoms with Crippen LogP contribution < -0.4 is 0 Å². The molecule has 0 saturated heterocycles. The summed E-state index contributed by atoms with van der Waals surface area (Å²) in [5.74, 6) is 2.01. The Morgan fingerprint density at radius 1 is 1.29 bits per heavy atom. The fraction of sp³-hybridized carbons (Fsp3) is 0.571. The Labute approximate surface area is 116 Å². The van der Waals surface area contributed by atoms with E-state index in [4.69, 9.17) is 0 Å². The number of rotatable bonds is 5. The van der Waals surface area contributed by atoms with E-state index in [9.17, 15) is 0 Å². The van der Waals surface area contributed by atoms with Crippen LogP contribution in [0.5, 0.6) is 0 Å². The molecule has 0 bridgehead atoms. The highest BCUT2D eigenvalue weighted by Gasteiger charge is 2.32. The molecule has 1 aliphatic heterocycles. The first-order valence-corrected chi connectivity index (χ1v) is 8.51. The van der Waals surface area contributed by atoms with E-state index in [2.05, 4.69) is 45.1 Å². The number of fused-ring (bicyclic) bond motifs is 1. The summed E-state index contributed by atoms with van der Waals surface area (Å²) in [5.41, 5.74) is 1.58. The van der Waals surface area contributed by atoms with Crippen LogP contribution in [0.1, 0.15) is 24.3 Å². The normalized spacial score (nSPS) is 23.1. The Morgan fingerprint density at radius 2 is 2.12 bits per heavy atom. The number of nitrogens with zero attached hydrogens (tertiary/aromatic N) is 1. The minimum atomic E-state index is 0.746. The number of halogens is 1. The van der Waals surface area contributed by atoms with Gasteiger partial charge in [-0.3, -0.25) is 4.90 Å². The fourth-order valence-electron chi connectivity index (χ4n) is 2.63. The molecule has 1 atom stereocenters. The van der Waals surface area contributed by atoms with E-state index >= 15 is 0 Å². The van der Waals surface area contributed by atoms with Crippen molar-refractivity contribution in [1.82, 2.24) is 4.90 Å². The summed E-state index contributed by atoms with van der Waals surface area (Å²) in [6.45, 7) is 2.45. The lowest BCUT2D eigenvalue weighted by Gasteiger charge is -2.24. The van der Waals surface area contributed by atoms with E-state index in [1.807, 2.05) is 11.8 Å². The summed E-state index contributed by atoms with van der Waals surface area (Å²) >= 11 is 5.61. The van der Waals surface area contributed by atoms with Crippen molar-refractivity contribution in [1.29, 1.82) is 0 Å². The standard InChI is InChI=1S/C14H18BrNS/c15-7-8-16(12-5-6-12)9-11-10-17-14-4-2-1-3-13(11)14/h1-4,11-12H,5-10H2. The Balaban J connectivity index is 1.69. The SMILES string of the molecule is BrCCN(CC1CSc2ccccc21)C1CC1. The molecule has 0 spiro atoms. The molecule has 2 aliphatic rings. The van der Waals surface area contributed by atoms with Gasteiger partial charge in [-0.25, -0.2) is 0 Å². The van der Waals surface area contributed by atoms with Gasteiger partial charge < -0.3 is 0 Å². The van der Waals surface area contributed by atoms with Crippen LogP contribution in [0.3, 0.4) is 0 Å². The molecule has 1 nitrogen and oxygen atoms in total. The maximum atomic E-state index is 3.58. The van der Waals surface area contributed by atoms with Gasteiger partial charge in [0.25, 0.3) is 0 Å². The molecule has 1 fully saturated rings. The molecule has 1 aromatic carbocycles. The largest absolute Gasteiger partial charge is 0.299 e. The lowest BCUT2D eigenvalue weighted by Crippen LogP contribution is -2.32. The molecule has 0 aromatic heterocycles. The topological polar surface area (TPSA) is 3.24 Å². The van der Waals surface area contributed by atoms with Gasteiger partial charge in [0.15, 0.2) is 0 Å². The zero-order valence-corrected chi connectivity index (χ0v) is 12.3. The Morgan fingerprint density at radius 3 is 2.88 bits per heavy atom. The van der Waals surface area contributed by atoms with Crippen molar-refractivity contribution in [2.75, 3.05) is 24.2 Å². The lowest BCUT2D eigenvalue weighted by molar-refractivity contribution is 0.268. The van der Waals surface area contributed by atoms with Gasteiger partial charge in [0, 0.05) is 41.0 Å². The molecule has 1 saturated carbocycles. The number of alkyl halides is 1. The Hall–Kier alpha value is 0.0100. The van der Waals surface area contributed by atoms with Gasteiger partial charge in [0.1, 0.15) is 0 Å². The van der Waals surface area contributed by atoms with Crippen molar-refractivity contribution in [2.24, 2.45) is 0 Å². The van der Waals surface area contributed by atoms with Crippen LogP contribution in [0.4, 0.5) is 0 Å². The van der Waals surface area contributed by atoms with Gasteiger partial charge in [-0.2, -0.15) is 0 Å². The van der Waals surface area contributed by atoms with Crippen LogP contribution in [0, 0.1) is 0 Å². The molecular weight excluding hydrogens is 294 g/mol. The molecule has 0 N–H and O–H groups in total. The summed E-state index contributed by atoms with van der Waals surface area (Å²) in [6.07, 6.45) is 2.82. The van der Waals surface area contributed by atoms with Crippen molar-refractivity contribution >= 4 is 27.7 Å². The van der Waals surface area contributed by atoms with Crippen LogP contribution in [0.25, 0.3) is 0 Å². The van der Waals surface area contributed by atoms with Crippen molar-refractivity contribution in [3.05, 3.63) is 29.8 Å². The third-order valence-corrected chi connectivity index (χ3v) is 5.30. The van der Waals surface area contributed by atoms with Gasteiger partial charge in [-0.15, -0.1) is 11.8 Å². The van der Waals surface area contributed by atoms with Gasteiger partial charge in [-0.1, -0.05) is 34.1 Å². The summed E-state index contributed by atoms with van der Waals surface area (Å²) in [6, 6.07) is 9.81. The van der Waals surface area contributed by atoms with E-state index in [0.29, 0.717) is 0 Å². The van der Waals surface area contributed by atoms with E-state index < -0.39 is 0 Å². The molecule has 1 aliphatic carbocycles. The van der Waals surface area contributed by atoms with Gasteiger partial charge in [-0.05, 0) is 24.5 Å². The summed E-state index contributed by atoms with van der Waals surface area (Å²) in [7, 11) is 0. The minimum absolute atomic E-state index is 0.746. The van der Waals surface area contributed by atoms with Crippen molar-refractivity contribution in [3.8, 4) is 0 Å². The second kappa shape index (κ2) is 5.33. The molecule has 17 heavy (non-hydrogen) atoms. The molecule has 1 heterocycles. The zero-order chi connectivity index (χ0) is 11.7. The number of thioether (sulfide) groups is 1. The average molecular weight is 312 g/mol. The smallest absolute Gasteiger partial charge is 0.0159 e. The summed E-state index contributed by atoms with van der Waals surface area (Å²) in [4.78, 5) is 4.19. The quantitative estimate of drug-likeness (QED) is 0.762. The van der Waals surface area contributed by atoms with E-state index in [-0.39, 0.29) is 0 Å².